The van der Waals surface area contributed by atoms with Crippen molar-refractivity contribution in [3.8, 4) is 0 Å². The van der Waals surface area contributed by atoms with Gasteiger partial charge in [-0.2, -0.15) is 0 Å². The van der Waals surface area contributed by atoms with Gasteiger partial charge >= 0.3 is 5.97 Å². The molecule has 0 aliphatic rings. The second-order valence-electron chi connectivity index (χ2n) is 4.44. The first-order chi connectivity index (χ1) is 9.81. The Morgan fingerprint density at radius 1 is 1.41 bits per heavy atom. The molecule has 126 valence electrons. The molecule has 0 bridgehead atoms. The number of benzene rings is 1. The smallest absolute Gasteiger partial charge is 0.339 e. The molecule has 2 N–H and O–H groups in total. The minimum Gasteiger partial charge on any atom is -0.465 e. The van der Waals surface area contributed by atoms with Gasteiger partial charge in [0.15, 0.2) is 0 Å². The fraction of sp³-hybridized carbons (Fsp3) is 0.462. The van der Waals surface area contributed by atoms with Gasteiger partial charge in [-0.15, -0.1) is 12.4 Å². The Morgan fingerprint density at radius 2 is 2.05 bits per heavy atom. The number of hydrogen-bond acceptors (Lipinski definition) is 5. The number of methoxy groups -OCH3 is 1. The van der Waals surface area contributed by atoms with Crippen molar-refractivity contribution in [2.24, 2.45) is 0 Å². The summed E-state index contributed by atoms with van der Waals surface area (Å²) in [6, 6.07) is 2.79. The van der Waals surface area contributed by atoms with Crippen LogP contribution in [-0.4, -0.2) is 40.6 Å². The minimum absolute atomic E-state index is 0. The first-order valence-electron chi connectivity index (χ1n) is 6.42. The molecule has 6 nitrogen and oxygen atoms in total. The molecular weight excluding hydrogens is 335 g/mol. The molecule has 1 atom stereocenters. The van der Waals surface area contributed by atoms with E-state index in [0.29, 0.717) is 6.54 Å². The lowest BCUT2D eigenvalue weighted by atomic mass is 10.2. The molecule has 22 heavy (non-hydrogen) atoms. The predicted molar refractivity (Wildman–Crippen MR) is 83.3 cm³/mol. The number of rotatable bonds is 7. The number of likely N-dealkylation sites (N-methyl/N-ethyl adjacent to an activating group) is 1. The maximum absolute atomic E-state index is 13.2. The van der Waals surface area contributed by atoms with Crippen molar-refractivity contribution in [3.05, 3.63) is 29.6 Å². The predicted octanol–water partition coefficient (Wildman–Crippen LogP) is 1.31. The van der Waals surface area contributed by atoms with E-state index in [1.807, 2.05) is 13.8 Å². The van der Waals surface area contributed by atoms with Crippen LogP contribution >= 0.6 is 12.4 Å². The fourth-order valence-corrected chi connectivity index (χ4v) is 3.04. The van der Waals surface area contributed by atoms with Gasteiger partial charge < -0.3 is 10.1 Å². The number of carbonyl (C=O) groups excluding carboxylic acids is 1. The lowest BCUT2D eigenvalue weighted by Gasteiger charge is -2.15. The topological polar surface area (TPSA) is 84.5 Å². The van der Waals surface area contributed by atoms with Crippen molar-refractivity contribution in [1.29, 1.82) is 0 Å². The maximum Gasteiger partial charge on any atom is 0.339 e. The van der Waals surface area contributed by atoms with Crippen LogP contribution in [0, 0.1) is 5.82 Å². The molecule has 0 heterocycles. The highest BCUT2D eigenvalue weighted by Crippen LogP contribution is 2.18. The average Bonchev–Trinajstić information content (AvgIpc) is 2.44. The summed E-state index contributed by atoms with van der Waals surface area (Å²) < 4.78 is 44.5. The van der Waals surface area contributed by atoms with Gasteiger partial charge in [-0.25, -0.2) is 22.3 Å². The molecule has 0 saturated heterocycles. The van der Waals surface area contributed by atoms with E-state index >= 15 is 0 Å². The number of carbonyl (C=O) groups is 1. The Bertz CT molecular complexity index is 610. The molecule has 0 amide bonds. The number of sulfonamides is 1. The van der Waals surface area contributed by atoms with E-state index in [9.17, 15) is 17.6 Å². The molecule has 1 rings (SSSR count). The third-order valence-corrected chi connectivity index (χ3v) is 4.25. The SMILES string of the molecule is CCN[C@H](C)CNS(=O)(=O)c1ccc(F)cc1C(=O)OC.Cl. The summed E-state index contributed by atoms with van der Waals surface area (Å²) in [4.78, 5) is 11.3. The zero-order chi connectivity index (χ0) is 16.0. The van der Waals surface area contributed by atoms with Crippen LogP contribution in [-0.2, 0) is 14.8 Å². The van der Waals surface area contributed by atoms with Crippen LogP contribution in [0.4, 0.5) is 4.39 Å². The quantitative estimate of drug-likeness (QED) is 0.721. The number of halogens is 2. The van der Waals surface area contributed by atoms with Crippen LogP contribution in [0.1, 0.15) is 24.2 Å². The molecule has 0 aliphatic heterocycles. The zero-order valence-corrected chi connectivity index (χ0v) is 14.2. The van der Waals surface area contributed by atoms with E-state index in [0.717, 1.165) is 25.3 Å². The molecule has 0 radical (unpaired) electrons. The number of esters is 1. The Kier molecular flexibility index (Phi) is 8.54. The van der Waals surface area contributed by atoms with E-state index in [2.05, 4.69) is 14.8 Å². The lowest BCUT2D eigenvalue weighted by Crippen LogP contribution is -2.39. The molecule has 1 aromatic rings. The van der Waals surface area contributed by atoms with E-state index in [4.69, 9.17) is 0 Å². The Balaban J connectivity index is 0.00000441. The van der Waals surface area contributed by atoms with Gasteiger partial charge in [0.2, 0.25) is 10.0 Å². The normalized spacial score (nSPS) is 12.4. The number of nitrogens with one attached hydrogen (secondary N) is 2. The number of ether oxygens (including phenoxy) is 1. The summed E-state index contributed by atoms with van der Waals surface area (Å²) in [6.07, 6.45) is 0. The van der Waals surface area contributed by atoms with Gasteiger partial charge in [0, 0.05) is 12.6 Å². The van der Waals surface area contributed by atoms with Gasteiger partial charge in [0.05, 0.1) is 17.6 Å². The van der Waals surface area contributed by atoms with Gasteiger partial charge in [0.25, 0.3) is 0 Å². The largest absolute Gasteiger partial charge is 0.465 e. The number of hydrogen-bond donors (Lipinski definition) is 2. The Morgan fingerprint density at radius 3 is 2.59 bits per heavy atom. The van der Waals surface area contributed by atoms with E-state index in [1.54, 1.807) is 0 Å². The lowest BCUT2D eigenvalue weighted by molar-refractivity contribution is 0.0595. The first-order valence-corrected chi connectivity index (χ1v) is 7.91. The Labute approximate surface area is 135 Å². The zero-order valence-electron chi connectivity index (χ0n) is 12.6. The molecule has 9 heteroatoms. The minimum atomic E-state index is -3.93. The van der Waals surface area contributed by atoms with Crippen molar-refractivity contribution in [3.63, 3.8) is 0 Å². The van der Waals surface area contributed by atoms with Gasteiger partial charge in [-0.1, -0.05) is 6.92 Å². The second-order valence-corrected chi connectivity index (χ2v) is 6.18. The van der Waals surface area contributed by atoms with E-state index < -0.39 is 21.8 Å². The maximum atomic E-state index is 13.2. The molecule has 0 aliphatic carbocycles. The van der Waals surface area contributed by atoms with Gasteiger partial charge in [-0.05, 0) is 31.7 Å². The van der Waals surface area contributed by atoms with Crippen LogP contribution in [0.15, 0.2) is 23.1 Å². The molecule has 0 saturated carbocycles. The molecule has 0 unspecified atom stereocenters. The van der Waals surface area contributed by atoms with Crippen molar-refractivity contribution >= 4 is 28.4 Å². The standard InChI is InChI=1S/C13H19FN2O4S.ClH/c1-4-15-9(2)8-16-21(18,19)12-6-5-10(14)7-11(12)13(17)20-3;/h5-7,9,15-16H,4,8H2,1-3H3;1H/t9-;/m1./s1. The highest BCUT2D eigenvalue weighted by molar-refractivity contribution is 7.89. The van der Waals surface area contributed by atoms with E-state index in [1.165, 1.54) is 0 Å². The van der Waals surface area contributed by atoms with Crippen molar-refractivity contribution < 1.29 is 22.3 Å². The van der Waals surface area contributed by atoms with Crippen molar-refractivity contribution in [2.45, 2.75) is 24.8 Å². The summed E-state index contributed by atoms with van der Waals surface area (Å²) in [7, 11) is -2.83. The molecule has 1 aromatic carbocycles. The fourth-order valence-electron chi connectivity index (χ4n) is 1.74. The summed E-state index contributed by atoms with van der Waals surface area (Å²) in [5.74, 6) is -1.62. The second kappa shape index (κ2) is 9.04. The van der Waals surface area contributed by atoms with Crippen LogP contribution in [0.25, 0.3) is 0 Å². The third-order valence-electron chi connectivity index (χ3n) is 2.77. The van der Waals surface area contributed by atoms with Gasteiger partial charge in [-0.3, -0.25) is 0 Å². The average molecular weight is 355 g/mol. The van der Waals surface area contributed by atoms with Crippen LogP contribution in [0.5, 0.6) is 0 Å². The van der Waals surface area contributed by atoms with E-state index in [-0.39, 0.29) is 35.5 Å². The summed E-state index contributed by atoms with van der Waals surface area (Å²) in [5.41, 5.74) is -0.332. The van der Waals surface area contributed by atoms with Crippen molar-refractivity contribution in [2.75, 3.05) is 20.2 Å². The van der Waals surface area contributed by atoms with Crippen LogP contribution in [0.3, 0.4) is 0 Å². The summed E-state index contributed by atoms with van der Waals surface area (Å²) in [6.45, 7) is 4.57. The third kappa shape index (κ3) is 5.53. The van der Waals surface area contributed by atoms with Crippen molar-refractivity contribution in [1.82, 2.24) is 10.0 Å². The van der Waals surface area contributed by atoms with Gasteiger partial charge in [0.1, 0.15) is 5.82 Å². The summed E-state index contributed by atoms with van der Waals surface area (Å²) in [5, 5.41) is 3.05. The molecular formula is C13H20ClFN2O4S. The monoisotopic (exact) mass is 354 g/mol. The summed E-state index contributed by atoms with van der Waals surface area (Å²) >= 11 is 0. The molecule has 0 aromatic heterocycles. The van der Waals surface area contributed by atoms with Crippen LogP contribution in [0.2, 0.25) is 0 Å². The molecule has 0 spiro atoms. The van der Waals surface area contributed by atoms with Crippen LogP contribution < -0.4 is 10.0 Å². The first kappa shape index (κ1) is 20.8. The molecule has 0 fully saturated rings. The highest BCUT2D eigenvalue weighted by Gasteiger charge is 2.24. The highest BCUT2D eigenvalue weighted by atomic mass is 35.5. The Hall–Kier alpha value is -1.22.